The first-order valence-corrected chi connectivity index (χ1v) is 16.1. The van der Waals surface area contributed by atoms with Gasteiger partial charge in [0, 0.05) is 24.1 Å². The molecule has 38 heavy (non-hydrogen) atoms. The van der Waals surface area contributed by atoms with E-state index in [0.717, 1.165) is 29.3 Å². The minimum Gasteiger partial charge on any atom is -0.351 e. The summed E-state index contributed by atoms with van der Waals surface area (Å²) in [7, 11) is -7.50. The van der Waals surface area contributed by atoms with Crippen molar-refractivity contribution >= 4 is 41.9 Å². The maximum absolute atomic E-state index is 13.2. The van der Waals surface area contributed by atoms with Gasteiger partial charge in [-0.15, -0.1) is 0 Å². The van der Waals surface area contributed by atoms with Gasteiger partial charge >= 0.3 is 0 Å². The van der Waals surface area contributed by atoms with Crippen molar-refractivity contribution in [1.29, 1.82) is 0 Å². The standard InChI is InChI=1S/C27H30BrN3O5S2/c28-23-11-15-24(16-12-23)37(33,34)30-26(19-21-7-3-1-4-8-21)27(32)29-20-22-9-13-25(14-10-22)38(35,36)31-17-5-2-6-18-31/h1,3-4,7-16,26,30H,2,5-6,17-20H2,(H,29,32). The molecule has 1 heterocycles. The van der Waals surface area contributed by atoms with E-state index in [1.807, 2.05) is 30.3 Å². The van der Waals surface area contributed by atoms with Crippen LogP contribution in [0.15, 0.2) is 93.1 Å². The minimum atomic E-state index is -3.96. The third-order valence-corrected chi connectivity index (χ3v) is 10.3. The second-order valence-electron chi connectivity index (χ2n) is 9.14. The summed E-state index contributed by atoms with van der Waals surface area (Å²) in [5, 5.41) is 2.79. The Bertz CT molecular complexity index is 1440. The van der Waals surface area contributed by atoms with Crippen LogP contribution in [0.1, 0.15) is 30.4 Å². The Morgan fingerprint density at radius 1 is 0.789 bits per heavy atom. The number of piperidine rings is 1. The summed E-state index contributed by atoms with van der Waals surface area (Å²) in [6, 6.07) is 20.7. The van der Waals surface area contributed by atoms with Crippen molar-refractivity contribution in [2.75, 3.05) is 13.1 Å². The Kier molecular flexibility index (Phi) is 9.37. The minimum absolute atomic E-state index is 0.0528. The van der Waals surface area contributed by atoms with Crippen molar-refractivity contribution in [2.24, 2.45) is 0 Å². The molecule has 1 aliphatic heterocycles. The van der Waals surface area contributed by atoms with Crippen LogP contribution in [0.2, 0.25) is 0 Å². The molecular formula is C27H30BrN3O5S2. The van der Waals surface area contributed by atoms with Gasteiger partial charge in [-0.3, -0.25) is 4.79 Å². The van der Waals surface area contributed by atoms with E-state index in [1.165, 1.54) is 16.4 Å². The van der Waals surface area contributed by atoms with E-state index in [4.69, 9.17) is 0 Å². The lowest BCUT2D eigenvalue weighted by molar-refractivity contribution is -0.122. The quantitative estimate of drug-likeness (QED) is 0.358. The second kappa shape index (κ2) is 12.5. The smallest absolute Gasteiger partial charge is 0.243 e. The Morgan fingerprint density at radius 2 is 1.39 bits per heavy atom. The molecule has 4 rings (SSSR count). The van der Waals surface area contributed by atoms with Crippen molar-refractivity contribution in [3.8, 4) is 0 Å². The number of carbonyl (C=O) groups is 1. The number of benzene rings is 3. The molecule has 1 amide bonds. The number of sulfonamides is 2. The summed E-state index contributed by atoms with van der Waals surface area (Å²) in [6.07, 6.45) is 2.92. The molecular weight excluding hydrogens is 590 g/mol. The van der Waals surface area contributed by atoms with E-state index in [-0.39, 0.29) is 22.8 Å². The molecule has 0 aliphatic carbocycles. The van der Waals surface area contributed by atoms with Gasteiger partial charge < -0.3 is 5.32 Å². The zero-order valence-corrected chi connectivity index (χ0v) is 23.9. The predicted molar refractivity (Wildman–Crippen MR) is 149 cm³/mol. The topological polar surface area (TPSA) is 113 Å². The fraction of sp³-hybridized carbons (Fsp3) is 0.296. The first-order valence-electron chi connectivity index (χ1n) is 12.3. The van der Waals surface area contributed by atoms with Gasteiger partial charge in [0.05, 0.1) is 9.79 Å². The Balaban J connectivity index is 1.45. The molecule has 11 heteroatoms. The third kappa shape index (κ3) is 7.29. The zero-order chi connectivity index (χ0) is 27.2. The Labute approximate surface area is 232 Å². The lowest BCUT2D eigenvalue weighted by atomic mass is 10.1. The van der Waals surface area contributed by atoms with Gasteiger partial charge in [-0.25, -0.2) is 16.8 Å². The first-order chi connectivity index (χ1) is 18.1. The number of amides is 1. The molecule has 0 spiro atoms. The molecule has 1 unspecified atom stereocenters. The predicted octanol–water partition coefficient (Wildman–Crippen LogP) is 3.83. The second-order valence-corrected chi connectivity index (χ2v) is 13.7. The van der Waals surface area contributed by atoms with Crippen molar-refractivity contribution in [3.63, 3.8) is 0 Å². The lowest BCUT2D eigenvalue weighted by Gasteiger charge is -2.25. The number of nitrogens with one attached hydrogen (secondary N) is 2. The first kappa shape index (κ1) is 28.4. The molecule has 1 atom stereocenters. The number of carbonyl (C=O) groups excluding carboxylic acids is 1. The van der Waals surface area contributed by atoms with Crippen molar-refractivity contribution < 1.29 is 21.6 Å². The summed E-state index contributed by atoms with van der Waals surface area (Å²) in [6.45, 7) is 1.17. The average Bonchev–Trinajstić information content (AvgIpc) is 2.93. The molecule has 0 aromatic heterocycles. The van der Waals surface area contributed by atoms with Crippen LogP contribution in [0.4, 0.5) is 0 Å². The maximum atomic E-state index is 13.2. The van der Waals surface area contributed by atoms with E-state index >= 15 is 0 Å². The SMILES string of the molecule is O=C(NCc1ccc(S(=O)(=O)N2CCCCC2)cc1)C(Cc1ccccc1)NS(=O)(=O)c1ccc(Br)cc1. The van der Waals surface area contributed by atoms with E-state index in [1.54, 1.807) is 36.4 Å². The molecule has 0 radical (unpaired) electrons. The van der Waals surface area contributed by atoms with Crippen molar-refractivity contribution in [2.45, 2.75) is 48.1 Å². The molecule has 1 saturated heterocycles. The average molecular weight is 621 g/mol. The molecule has 2 N–H and O–H groups in total. The summed E-state index contributed by atoms with van der Waals surface area (Å²) < 4.78 is 56.6. The van der Waals surface area contributed by atoms with Crippen molar-refractivity contribution in [1.82, 2.24) is 14.3 Å². The third-order valence-electron chi connectivity index (χ3n) is 6.36. The van der Waals surface area contributed by atoms with Crippen LogP contribution in [0.25, 0.3) is 0 Å². The molecule has 202 valence electrons. The molecule has 0 bridgehead atoms. The molecule has 8 nitrogen and oxygen atoms in total. The van der Waals surface area contributed by atoms with Crippen LogP contribution < -0.4 is 10.0 Å². The fourth-order valence-corrected chi connectivity index (χ4v) is 7.23. The van der Waals surface area contributed by atoms with Gasteiger partial charge in [-0.1, -0.05) is 64.8 Å². The highest BCUT2D eigenvalue weighted by atomic mass is 79.9. The van der Waals surface area contributed by atoms with Gasteiger partial charge in [0.1, 0.15) is 6.04 Å². The van der Waals surface area contributed by atoms with Gasteiger partial charge in [-0.2, -0.15) is 9.03 Å². The van der Waals surface area contributed by atoms with Crippen LogP contribution in [0, 0.1) is 0 Å². The molecule has 1 aliphatic rings. The van der Waals surface area contributed by atoms with Crippen LogP contribution in [0.5, 0.6) is 0 Å². The van der Waals surface area contributed by atoms with Crippen molar-refractivity contribution in [3.05, 3.63) is 94.5 Å². The monoisotopic (exact) mass is 619 g/mol. The molecule has 3 aromatic rings. The highest BCUT2D eigenvalue weighted by Gasteiger charge is 2.27. The largest absolute Gasteiger partial charge is 0.351 e. The van der Waals surface area contributed by atoms with Crippen LogP contribution in [-0.2, 0) is 37.8 Å². The number of nitrogens with zero attached hydrogens (tertiary/aromatic N) is 1. The summed E-state index contributed by atoms with van der Waals surface area (Å²) in [4.78, 5) is 13.4. The molecule has 0 saturated carbocycles. The van der Waals surface area contributed by atoms with E-state index < -0.39 is 32.0 Å². The lowest BCUT2D eigenvalue weighted by Crippen LogP contribution is -2.47. The van der Waals surface area contributed by atoms with Gasteiger partial charge in [-0.05, 0) is 66.8 Å². The number of rotatable bonds is 10. The normalized spacial score (nSPS) is 15.6. The van der Waals surface area contributed by atoms with Crippen LogP contribution >= 0.6 is 15.9 Å². The highest BCUT2D eigenvalue weighted by Crippen LogP contribution is 2.21. The highest BCUT2D eigenvalue weighted by molar-refractivity contribution is 9.10. The fourth-order valence-electron chi connectivity index (χ4n) is 4.25. The zero-order valence-electron chi connectivity index (χ0n) is 20.7. The maximum Gasteiger partial charge on any atom is 0.243 e. The van der Waals surface area contributed by atoms with Crippen LogP contribution in [0.3, 0.4) is 0 Å². The van der Waals surface area contributed by atoms with E-state index in [0.29, 0.717) is 18.7 Å². The summed E-state index contributed by atoms with van der Waals surface area (Å²) in [5.74, 6) is -0.487. The van der Waals surface area contributed by atoms with Crippen LogP contribution in [-0.4, -0.2) is 46.2 Å². The van der Waals surface area contributed by atoms with E-state index in [2.05, 4.69) is 26.0 Å². The summed E-state index contributed by atoms with van der Waals surface area (Å²) >= 11 is 3.29. The molecule has 1 fully saturated rings. The Hall–Kier alpha value is -2.57. The molecule has 3 aromatic carbocycles. The number of halogens is 1. The Morgan fingerprint density at radius 3 is 2.03 bits per heavy atom. The number of hydrogen-bond acceptors (Lipinski definition) is 5. The van der Waals surface area contributed by atoms with Gasteiger partial charge in [0.15, 0.2) is 0 Å². The van der Waals surface area contributed by atoms with Gasteiger partial charge in [0.2, 0.25) is 26.0 Å². The van der Waals surface area contributed by atoms with E-state index in [9.17, 15) is 21.6 Å². The number of hydrogen-bond donors (Lipinski definition) is 2. The summed E-state index contributed by atoms with van der Waals surface area (Å²) in [5.41, 5.74) is 1.50. The van der Waals surface area contributed by atoms with Gasteiger partial charge in [0.25, 0.3) is 0 Å².